The second-order valence-electron chi connectivity index (χ2n) is 6.32. The van der Waals surface area contributed by atoms with Crippen molar-refractivity contribution in [2.45, 2.75) is 46.0 Å². The number of unbranched alkanes of at least 4 members (excludes halogenated alkanes) is 2. The molecule has 2 aromatic rings. The van der Waals surface area contributed by atoms with Crippen molar-refractivity contribution in [3.8, 4) is 0 Å². The number of rotatable bonds is 9. The molecule has 0 atom stereocenters. The molecular weight excluding hydrogens is 327 g/mol. The van der Waals surface area contributed by atoms with Crippen molar-refractivity contribution in [1.29, 1.82) is 0 Å². The molecule has 0 radical (unpaired) electrons. The molecule has 2 rings (SSSR count). The topological polar surface area (TPSA) is 0 Å². The lowest BCUT2D eigenvalue weighted by Gasteiger charge is -2.25. The number of benzene rings is 2. The van der Waals surface area contributed by atoms with Gasteiger partial charge in [0, 0.05) is 12.2 Å². The third-order valence-corrected chi connectivity index (χ3v) is 9.10. The first-order valence-corrected chi connectivity index (χ1v) is 12.1. The second kappa shape index (κ2) is 9.97. The van der Waals surface area contributed by atoms with E-state index in [0.717, 1.165) is 6.16 Å². The molecule has 0 aliphatic carbocycles. The highest BCUT2D eigenvalue weighted by Crippen LogP contribution is 2.46. The minimum Gasteiger partial charge on any atom is -0.0873 e. The van der Waals surface area contributed by atoms with Gasteiger partial charge in [-0.25, -0.2) is 0 Å². The molecule has 0 saturated carbocycles. The van der Waals surface area contributed by atoms with Gasteiger partial charge in [0.2, 0.25) is 0 Å². The van der Waals surface area contributed by atoms with Crippen LogP contribution in [-0.2, 0) is 11.8 Å². The van der Waals surface area contributed by atoms with E-state index in [1.54, 1.807) is 5.57 Å². The lowest BCUT2D eigenvalue weighted by atomic mass is 10.1. The van der Waals surface area contributed by atoms with Gasteiger partial charge in [0.15, 0.2) is 0 Å². The van der Waals surface area contributed by atoms with Gasteiger partial charge in [0.25, 0.3) is 0 Å². The van der Waals surface area contributed by atoms with Crippen molar-refractivity contribution < 1.29 is 0 Å². The summed E-state index contributed by atoms with van der Waals surface area (Å²) in [7, 11) is 0. The fraction of sp³-hybridized carbons (Fsp3) is 0.364. The highest BCUT2D eigenvalue weighted by molar-refractivity contribution is 8.22. The van der Waals surface area contributed by atoms with Crippen LogP contribution in [0.1, 0.15) is 46.0 Å². The van der Waals surface area contributed by atoms with Crippen LogP contribution >= 0.6 is 6.04 Å². The summed E-state index contributed by atoms with van der Waals surface area (Å²) in [6.45, 7) is 4.52. The van der Waals surface area contributed by atoms with E-state index < -0.39 is 6.04 Å². The third-order valence-electron chi connectivity index (χ3n) is 4.33. The third kappa shape index (κ3) is 5.16. The molecule has 128 valence electrons. The standard InChI is InChI=1S/C22H29PS/c1-3-5-8-14-20(13-4-2)19-23(24,21-15-9-6-10-16-21)22-17-11-7-12-18-22/h6-7,9-12,14-18H,3-5,8,13,19H2,1-2H3/b20-14+. The van der Waals surface area contributed by atoms with Crippen molar-refractivity contribution >= 4 is 28.5 Å². The highest BCUT2D eigenvalue weighted by Gasteiger charge is 2.23. The van der Waals surface area contributed by atoms with Crippen LogP contribution < -0.4 is 10.6 Å². The van der Waals surface area contributed by atoms with Crippen LogP contribution in [0.2, 0.25) is 0 Å². The van der Waals surface area contributed by atoms with Crippen LogP contribution in [0.3, 0.4) is 0 Å². The Kier molecular flexibility index (Phi) is 7.95. The van der Waals surface area contributed by atoms with Crippen molar-refractivity contribution in [1.82, 2.24) is 0 Å². The first kappa shape index (κ1) is 19.2. The second-order valence-corrected chi connectivity index (χ2v) is 11.0. The Morgan fingerprint density at radius 2 is 1.42 bits per heavy atom. The molecule has 0 aliphatic rings. The molecule has 2 heteroatoms. The predicted molar refractivity (Wildman–Crippen MR) is 114 cm³/mol. The Hall–Kier alpha value is -1.17. The predicted octanol–water partition coefficient (Wildman–Crippen LogP) is 6.03. The summed E-state index contributed by atoms with van der Waals surface area (Å²) in [5, 5.41) is 2.67. The minimum atomic E-state index is -1.79. The lowest BCUT2D eigenvalue weighted by Crippen LogP contribution is -2.19. The SMILES string of the molecule is CCCC/C=C(\CCC)CP(=S)(c1ccccc1)c1ccccc1. The van der Waals surface area contributed by atoms with Crippen LogP contribution in [0.5, 0.6) is 0 Å². The minimum absolute atomic E-state index is 1.04. The Bertz CT molecular complexity index is 630. The Morgan fingerprint density at radius 1 is 0.875 bits per heavy atom. The molecule has 0 aromatic heterocycles. The molecule has 0 unspecified atom stereocenters. The van der Waals surface area contributed by atoms with Gasteiger partial charge >= 0.3 is 0 Å². The van der Waals surface area contributed by atoms with E-state index in [1.165, 1.54) is 42.7 Å². The van der Waals surface area contributed by atoms with E-state index >= 15 is 0 Å². The summed E-state index contributed by atoms with van der Waals surface area (Å²) in [4.78, 5) is 0. The first-order valence-electron chi connectivity index (χ1n) is 9.09. The van der Waals surface area contributed by atoms with E-state index in [1.807, 2.05) is 0 Å². The van der Waals surface area contributed by atoms with Crippen LogP contribution in [-0.4, -0.2) is 6.16 Å². The molecule has 0 saturated heterocycles. The smallest absolute Gasteiger partial charge is 0.0144 e. The molecule has 2 aromatic carbocycles. The van der Waals surface area contributed by atoms with E-state index in [0.29, 0.717) is 0 Å². The molecular formula is C22H29PS. The van der Waals surface area contributed by atoms with Gasteiger partial charge in [-0.15, -0.1) is 0 Å². The van der Waals surface area contributed by atoms with Gasteiger partial charge in [-0.2, -0.15) is 0 Å². The molecule has 0 fully saturated rings. The highest BCUT2D eigenvalue weighted by atomic mass is 32.4. The van der Waals surface area contributed by atoms with Crippen LogP contribution in [0.15, 0.2) is 72.3 Å². The van der Waals surface area contributed by atoms with Gasteiger partial charge in [0.05, 0.1) is 0 Å². The Morgan fingerprint density at radius 3 is 1.88 bits per heavy atom. The summed E-state index contributed by atoms with van der Waals surface area (Å²) in [6.07, 6.45) is 9.57. The molecule has 0 nitrogen and oxygen atoms in total. The zero-order valence-electron chi connectivity index (χ0n) is 14.9. The quantitative estimate of drug-likeness (QED) is 0.300. The number of hydrogen-bond donors (Lipinski definition) is 0. The van der Waals surface area contributed by atoms with Crippen molar-refractivity contribution in [3.05, 3.63) is 72.3 Å². The Labute approximate surface area is 153 Å². The zero-order valence-corrected chi connectivity index (χ0v) is 16.7. The van der Waals surface area contributed by atoms with E-state index in [4.69, 9.17) is 11.8 Å². The number of allylic oxidation sites excluding steroid dienone is 2. The summed E-state index contributed by atoms with van der Waals surface area (Å²) in [6, 6.07) is 19.8. The lowest BCUT2D eigenvalue weighted by molar-refractivity contribution is 0.801. The molecule has 0 bridgehead atoms. The Balaban J connectivity index is 2.39. The van der Waals surface area contributed by atoms with Crippen molar-refractivity contribution in [2.75, 3.05) is 6.16 Å². The van der Waals surface area contributed by atoms with Crippen molar-refractivity contribution in [2.24, 2.45) is 0 Å². The van der Waals surface area contributed by atoms with E-state index in [9.17, 15) is 0 Å². The number of hydrogen-bond acceptors (Lipinski definition) is 1. The summed E-state index contributed by atoms with van der Waals surface area (Å²) < 4.78 is 0. The van der Waals surface area contributed by atoms with Gasteiger partial charge in [-0.1, -0.05) is 117 Å². The normalized spacial score (nSPS) is 12.3. The maximum atomic E-state index is 6.37. The molecule has 0 N–H and O–H groups in total. The molecule has 0 spiro atoms. The molecule has 24 heavy (non-hydrogen) atoms. The van der Waals surface area contributed by atoms with E-state index in [2.05, 4.69) is 80.6 Å². The van der Waals surface area contributed by atoms with E-state index in [-0.39, 0.29) is 0 Å². The zero-order chi connectivity index (χ0) is 17.3. The van der Waals surface area contributed by atoms with Crippen molar-refractivity contribution in [3.63, 3.8) is 0 Å². The monoisotopic (exact) mass is 356 g/mol. The van der Waals surface area contributed by atoms with Gasteiger partial charge in [-0.3, -0.25) is 0 Å². The molecule has 0 aliphatic heterocycles. The fourth-order valence-electron chi connectivity index (χ4n) is 3.03. The summed E-state index contributed by atoms with van der Waals surface area (Å²) >= 11 is 6.37. The first-order chi connectivity index (χ1) is 11.7. The maximum absolute atomic E-state index is 6.37. The van der Waals surface area contributed by atoms with Gasteiger partial charge in [-0.05, 0) is 23.5 Å². The van der Waals surface area contributed by atoms with Gasteiger partial charge in [0.1, 0.15) is 0 Å². The van der Waals surface area contributed by atoms with Crippen LogP contribution in [0.25, 0.3) is 0 Å². The maximum Gasteiger partial charge on any atom is 0.0144 e. The van der Waals surface area contributed by atoms with Crippen LogP contribution in [0, 0.1) is 0 Å². The van der Waals surface area contributed by atoms with Gasteiger partial charge < -0.3 is 0 Å². The largest absolute Gasteiger partial charge is 0.0873 e. The summed E-state index contributed by atoms with van der Waals surface area (Å²) in [5.74, 6) is 0. The molecule has 0 amide bonds. The fourth-order valence-corrected chi connectivity index (χ4v) is 7.09. The molecule has 0 heterocycles. The average molecular weight is 357 g/mol. The average Bonchev–Trinajstić information content (AvgIpc) is 2.63. The van der Waals surface area contributed by atoms with Crippen LogP contribution in [0.4, 0.5) is 0 Å². The summed E-state index contributed by atoms with van der Waals surface area (Å²) in [5.41, 5.74) is 1.56.